The number of hydrogen-bond acceptors (Lipinski definition) is 6. The van der Waals surface area contributed by atoms with E-state index in [0.29, 0.717) is 23.6 Å². The van der Waals surface area contributed by atoms with Crippen molar-refractivity contribution in [3.05, 3.63) is 52.6 Å². The van der Waals surface area contributed by atoms with E-state index in [2.05, 4.69) is 4.72 Å². The molecule has 0 saturated carbocycles. The maximum atomic E-state index is 12.1. The molecule has 0 heterocycles. The van der Waals surface area contributed by atoms with Crippen molar-refractivity contribution in [1.82, 2.24) is 0 Å². The van der Waals surface area contributed by atoms with E-state index in [0.717, 1.165) is 28.5 Å². The Kier molecular flexibility index (Phi) is 9.18. The SMILES string of the molecule is CCC(CC)(Oc1cc(C)c(Cc2ccc(OCOC)c(NS(C)(=O)=O)c2)c(C)c1)P(=O)(O)O. The van der Waals surface area contributed by atoms with Gasteiger partial charge in [0.05, 0.1) is 11.9 Å². The zero-order valence-electron chi connectivity index (χ0n) is 20.4. The van der Waals surface area contributed by atoms with E-state index in [-0.39, 0.29) is 19.6 Å². The van der Waals surface area contributed by atoms with E-state index in [9.17, 15) is 22.8 Å². The van der Waals surface area contributed by atoms with Gasteiger partial charge >= 0.3 is 7.60 Å². The van der Waals surface area contributed by atoms with Crippen molar-refractivity contribution in [2.24, 2.45) is 0 Å². The summed E-state index contributed by atoms with van der Waals surface area (Å²) in [5.74, 6) is 0.745. The number of nitrogens with one attached hydrogen (secondary N) is 1. The fourth-order valence-corrected chi connectivity index (χ4v) is 5.40. The molecule has 0 radical (unpaired) electrons. The zero-order chi connectivity index (χ0) is 25.7. The van der Waals surface area contributed by atoms with Gasteiger partial charge in [0.2, 0.25) is 15.4 Å². The highest BCUT2D eigenvalue weighted by Crippen LogP contribution is 2.55. The summed E-state index contributed by atoms with van der Waals surface area (Å²) in [6.45, 7) is 7.16. The fourth-order valence-electron chi connectivity index (χ4n) is 3.80. The molecule has 11 heteroatoms. The Bertz CT molecular complexity index is 1130. The summed E-state index contributed by atoms with van der Waals surface area (Å²) in [6.07, 6.45) is 1.91. The first-order chi connectivity index (χ1) is 15.7. The lowest BCUT2D eigenvalue weighted by Gasteiger charge is -2.33. The van der Waals surface area contributed by atoms with Gasteiger partial charge in [-0.05, 0) is 79.6 Å². The second kappa shape index (κ2) is 11.1. The standard InChI is InChI=1S/C23H34NO8PS/c1-7-23(8-2,33(25,26)27)32-19-11-16(3)20(17(4)12-19)13-18-9-10-22(31-15-30-5)21(14-18)24-34(6,28)29/h9-12,14,24H,7-8,13,15H2,1-6H3,(H2,25,26,27). The van der Waals surface area contributed by atoms with Gasteiger partial charge in [0, 0.05) is 7.11 Å². The van der Waals surface area contributed by atoms with Crippen LogP contribution in [0.2, 0.25) is 0 Å². The van der Waals surface area contributed by atoms with E-state index >= 15 is 0 Å². The van der Waals surface area contributed by atoms with Crippen molar-refractivity contribution in [1.29, 1.82) is 0 Å². The second-order valence-corrected chi connectivity index (χ2v) is 11.9. The maximum absolute atomic E-state index is 12.1. The molecule has 0 fully saturated rings. The van der Waals surface area contributed by atoms with Crippen LogP contribution in [0.5, 0.6) is 11.5 Å². The third kappa shape index (κ3) is 6.96. The van der Waals surface area contributed by atoms with Crippen molar-refractivity contribution in [2.75, 3.05) is 24.9 Å². The number of methoxy groups -OCH3 is 1. The summed E-state index contributed by atoms with van der Waals surface area (Å²) in [4.78, 5) is 19.8. The van der Waals surface area contributed by atoms with E-state index in [4.69, 9.17) is 14.2 Å². The summed E-state index contributed by atoms with van der Waals surface area (Å²) in [7, 11) is -6.55. The number of anilines is 1. The van der Waals surface area contributed by atoms with Gasteiger partial charge in [-0.15, -0.1) is 0 Å². The molecule has 0 saturated heterocycles. The Hall–Kier alpha value is -2.10. The van der Waals surface area contributed by atoms with Crippen LogP contribution in [0.15, 0.2) is 30.3 Å². The molecule has 34 heavy (non-hydrogen) atoms. The van der Waals surface area contributed by atoms with Gasteiger partial charge in [-0.25, -0.2) is 8.42 Å². The monoisotopic (exact) mass is 515 g/mol. The Labute approximate surface area is 201 Å². The zero-order valence-corrected chi connectivity index (χ0v) is 22.1. The first kappa shape index (κ1) is 28.1. The van der Waals surface area contributed by atoms with Crippen LogP contribution in [-0.2, 0) is 25.7 Å². The highest BCUT2D eigenvalue weighted by molar-refractivity contribution is 7.92. The van der Waals surface area contributed by atoms with Crippen LogP contribution in [-0.4, -0.2) is 43.7 Å². The minimum absolute atomic E-state index is 0.0247. The highest BCUT2D eigenvalue weighted by Gasteiger charge is 2.46. The molecule has 0 aliphatic rings. The Balaban J connectivity index is 2.39. The van der Waals surface area contributed by atoms with Gasteiger partial charge in [-0.2, -0.15) is 0 Å². The molecule has 0 spiro atoms. The molecule has 0 aliphatic carbocycles. The second-order valence-electron chi connectivity index (χ2n) is 8.27. The number of rotatable bonds is 12. The number of aryl methyl sites for hydroxylation is 2. The molecule has 0 aliphatic heterocycles. The lowest BCUT2D eigenvalue weighted by molar-refractivity contribution is 0.0516. The molecule has 0 atom stereocenters. The predicted molar refractivity (Wildman–Crippen MR) is 132 cm³/mol. The van der Waals surface area contributed by atoms with E-state index < -0.39 is 23.0 Å². The normalized spacial score (nSPS) is 12.5. The van der Waals surface area contributed by atoms with Crippen LogP contribution in [0, 0.1) is 13.8 Å². The summed E-state index contributed by atoms with van der Waals surface area (Å²) in [5.41, 5.74) is 3.93. The van der Waals surface area contributed by atoms with Gasteiger partial charge < -0.3 is 24.0 Å². The molecule has 0 aromatic heterocycles. The van der Waals surface area contributed by atoms with Gasteiger partial charge in [0.25, 0.3) is 0 Å². The van der Waals surface area contributed by atoms with E-state index in [1.165, 1.54) is 7.11 Å². The quantitative estimate of drug-likeness (QED) is 0.281. The molecule has 0 unspecified atom stereocenters. The van der Waals surface area contributed by atoms with Gasteiger partial charge in [-0.3, -0.25) is 9.29 Å². The van der Waals surface area contributed by atoms with Crippen molar-refractivity contribution in [3.8, 4) is 11.5 Å². The van der Waals surface area contributed by atoms with Crippen molar-refractivity contribution < 1.29 is 37.0 Å². The van der Waals surface area contributed by atoms with Gasteiger partial charge in [0.1, 0.15) is 11.5 Å². The molecule has 3 N–H and O–H groups in total. The lowest BCUT2D eigenvalue weighted by atomic mass is 9.95. The summed E-state index contributed by atoms with van der Waals surface area (Å²) < 4.78 is 54.5. The Morgan fingerprint density at radius 1 is 1.06 bits per heavy atom. The number of benzene rings is 2. The molecule has 0 bridgehead atoms. The summed E-state index contributed by atoms with van der Waals surface area (Å²) in [5, 5.41) is -1.57. The third-order valence-electron chi connectivity index (χ3n) is 5.67. The van der Waals surface area contributed by atoms with Gasteiger partial charge in [0.15, 0.2) is 6.79 Å². The third-order valence-corrected chi connectivity index (χ3v) is 8.04. The molecular formula is C23H34NO8PS. The van der Waals surface area contributed by atoms with Crippen LogP contribution >= 0.6 is 7.60 Å². The highest BCUT2D eigenvalue weighted by atomic mass is 32.2. The molecule has 2 aromatic carbocycles. The van der Waals surface area contributed by atoms with Crippen molar-refractivity contribution >= 4 is 23.3 Å². The number of hydrogen-bond donors (Lipinski definition) is 3. The van der Waals surface area contributed by atoms with E-state index in [1.807, 2.05) is 19.9 Å². The smallest absolute Gasteiger partial charge is 0.368 e. The predicted octanol–water partition coefficient (Wildman–Crippen LogP) is 4.32. The van der Waals surface area contributed by atoms with Crippen LogP contribution in [0.3, 0.4) is 0 Å². The minimum Gasteiger partial charge on any atom is -0.475 e. The minimum atomic E-state index is -4.50. The first-order valence-electron chi connectivity index (χ1n) is 10.8. The number of sulfonamides is 1. The van der Waals surface area contributed by atoms with Crippen molar-refractivity contribution in [3.63, 3.8) is 0 Å². The molecule has 190 valence electrons. The fraction of sp³-hybridized carbons (Fsp3) is 0.478. The molecule has 2 aromatic rings. The average molecular weight is 516 g/mol. The van der Waals surface area contributed by atoms with E-state index in [1.54, 1.807) is 38.1 Å². The Morgan fingerprint density at radius 2 is 1.65 bits per heavy atom. The van der Waals surface area contributed by atoms with Crippen LogP contribution in [0.1, 0.15) is 48.9 Å². The first-order valence-corrected chi connectivity index (χ1v) is 14.3. The molecule has 9 nitrogen and oxygen atoms in total. The maximum Gasteiger partial charge on any atom is 0.368 e. The average Bonchev–Trinajstić information content (AvgIpc) is 2.72. The molecule has 2 rings (SSSR count). The van der Waals surface area contributed by atoms with Gasteiger partial charge in [-0.1, -0.05) is 19.9 Å². The molecular weight excluding hydrogens is 481 g/mol. The van der Waals surface area contributed by atoms with Crippen LogP contribution in [0.4, 0.5) is 5.69 Å². The Morgan fingerprint density at radius 3 is 2.12 bits per heavy atom. The largest absolute Gasteiger partial charge is 0.475 e. The summed E-state index contributed by atoms with van der Waals surface area (Å²) >= 11 is 0. The summed E-state index contributed by atoms with van der Waals surface area (Å²) in [6, 6.07) is 8.77. The van der Waals surface area contributed by atoms with Crippen LogP contribution < -0.4 is 14.2 Å². The lowest BCUT2D eigenvalue weighted by Crippen LogP contribution is -2.34. The number of ether oxygens (including phenoxy) is 3. The molecule has 0 amide bonds. The topological polar surface area (TPSA) is 131 Å². The van der Waals surface area contributed by atoms with Crippen LogP contribution in [0.25, 0.3) is 0 Å². The van der Waals surface area contributed by atoms with Crippen molar-refractivity contribution in [2.45, 2.75) is 52.3 Å².